The average Bonchev–Trinajstić information content (AvgIpc) is 2.39. The van der Waals surface area contributed by atoms with Crippen LogP contribution in [-0.4, -0.2) is 26.4 Å². The van der Waals surface area contributed by atoms with Crippen LogP contribution in [0, 0.1) is 0 Å². The molecule has 0 amide bonds. The van der Waals surface area contributed by atoms with Gasteiger partial charge in [-0.2, -0.15) is 0 Å². The zero-order valence-electron chi connectivity index (χ0n) is 10.5. The second kappa shape index (κ2) is 5.50. The lowest BCUT2D eigenvalue weighted by molar-refractivity contribution is 0.119. The molecule has 3 heteroatoms. The zero-order valence-corrected chi connectivity index (χ0v) is 10.5. The van der Waals surface area contributed by atoms with E-state index >= 15 is 0 Å². The Bertz CT molecular complexity index is 344. The highest BCUT2D eigenvalue weighted by atomic mass is 19.1. The number of benzene rings is 1. The summed E-state index contributed by atoms with van der Waals surface area (Å²) in [5.41, 5.74) is 2.36. The third-order valence-electron chi connectivity index (χ3n) is 3.51. The first-order valence-electron chi connectivity index (χ1n) is 6.22. The van der Waals surface area contributed by atoms with Crippen molar-refractivity contribution in [3.05, 3.63) is 29.8 Å². The fourth-order valence-corrected chi connectivity index (χ4v) is 2.20. The molecule has 0 radical (unpaired) electrons. The van der Waals surface area contributed by atoms with E-state index < -0.39 is 6.17 Å². The van der Waals surface area contributed by atoms with Crippen LogP contribution >= 0.6 is 0 Å². The van der Waals surface area contributed by atoms with Gasteiger partial charge in [-0.3, -0.25) is 0 Å². The molecule has 0 aromatic heterocycles. The van der Waals surface area contributed by atoms with Gasteiger partial charge in [0.15, 0.2) is 0 Å². The molecule has 1 fully saturated rings. The van der Waals surface area contributed by atoms with Gasteiger partial charge >= 0.3 is 0 Å². The first-order valence-corrected chi connectivity index (χ1v) is 6.22. The zero-order chi connectivity index (χ0) is 12.3. The second-order valence-electron chi connectivity index (χ2n) is 4.63. The van der Waals surface area contributed by atoms with E-state index in [4.69, 9.17) is 4.74 Å². The van der Waals surface area contributed by atoms with Gasteiger partial charge in [0, 0.05) is 25.9 Å². The molecule has 1 aromatic rings. The summed E-state index contributed by atoms with van der Waals surface area (Å²) in [5, 5.41) is 0. The van der Waals surface area contributed by atoms with Gasteiger partial charge in [0.1, 0.15) is 6.17 Å². The van der Waals surface area contributed by atoms with Gasteiger partial charge in [-0.25, -0.2) is 4.39 Å². The van der Waals surface area contributed by atoms with Crippen LogP contribution in [0.15, 0.2) is 24.3 Å². The summed E-state index contributed by atoms with van der Waals surface area (Å²) >= 11 is 0. The van der Waals surface area contributed by atoms with Crippen LogP contribution in [0.25, 0.3) is 0 Å². The van der Waals surface area contributed by atoms with Crippen molar-refractivity contribution in [2.45, 2.75) is 32.0 Å². The highest BCUT2D eigenvalue weighted by Crippen LogP contribution is 2.24. The highest BCUT2D eigenvalue weighted by molar-refractivity contribution is 5.48. The topological polar surface area (TPSA) is 12.5 Å². The lowest BCUT2D eigenvalue weighted by Crippen LogP contribution is -2.34. The van der Waals surface area contributed by atoms with Gasteiger partial charge in [-0.15, -0.1) is 0 Å². The van der Waals surface area contributed by atoms with Crippen LogP contribution in [0.2, 0.25) is 0 Å². The van der Waals surface area contributed by atoms with Crippen molar-refractivity contribution in [3.63, 3.8) is 0 Å². The monoisotopic (exact) mass is 237 g/mol. The quantitative estimate of drug-likeness (QED) is 0.799. The summed E-state index contributed by atoms with van der Waals surface area (Å²) in [7, 11) is 1.71. The number of rotatable bonds is 3. The Labute approximate surface area is 102 Å². The minimum atomic E-state index is -0.612. The summed E-state index contributed by atoms with van der Waals surface area (Å²) in [5.74, 6) is 0. The molecule has 0 spiro atoms. The maximum Gasteiger partial charge on any atom is 0.103 e. The Kier molecular flexibility index (Phi) is 4.00. The van der Waals surface area contributed by atoms with Crippen LogP contribution in [0.1, 0.15) is 31.4 Å². The summed E-state index contributed by atoms with van der Waals surface area (Å²) in [6.45, 7) is 3.67. The van der Waals surface area contributed by atoms with Gasteiger partial charge in [-0.1, -0.05) is 12.1 Å². The molecule has 2 nitrogen and oxygen atoms in total. The van der Waals surface area contributed by atoms with E-state index in [0.29, 0.717) is 12.8 Å². The van der Waals surface area contributed by atoms with Crippen molar-refractivity contribution in [1.29, 1.82) is 0 Å². The van der Waals surface area contributed by atoms with Crippen molar-refractivity contribution in [3.8, 4) is 0 Å². The molecule has 0 bridgehead atoms. The molecule has 1 saturated heterocycles. The lowest BCUT2D eigenvalue weighted by atomic mass is 10.1. The number of piperidine rings is 1. The smallest absolute Gasteiger partial charge is 0.103 e. The molecule has 1 heterocycles. The average molecular weight is 237 g/mol. The Balaban J connectivity index is 2.02. The maximum atomic E-state index is 13.0. The standard InChI is InChI=1S/C14H20FNO/c1-11(17-2)12-3-5-14(6-4-12)16-9-7-13(15)8-10-16/h3-6,11,13H,7-10H2,1-2H3. The van der Waals surface area contributed by atoms with E-state index in [0.717, 1.165) is 13.1 Å². The van der Waals surface area contributed by atoms with Crippen molar-refractivity contribution < 1.29 is 9.13 Å². The Hall–Kier alpha value is -1.09. The molecule has 1 aliphatic rings. The predicted octanol–water partition coefficient (Wildman–Crippen LogP) is 3.33. The number of alkyl halides is 1. The van der Waals surface area contributed by atoms with Crippen LogP contribution in [0.5, 0.6) is 0 Å². The molecule has 0 aliphatic carbocycles. The SMILES string of the molecule is COC(C)c1ccc(N2CCC(F)CC2)cc1. The summed E-state index contributed by atoms with van der Waals surface area (Å²) in [6.07, 6.45) is 0.812. The van der Waals surface area contributed by atoms with Gasteiger partial charge in [0.05, 0.1) is 6.10 Å². The molecule has 1 aliphatic heterocycles. The fraction of sp³-hybridized carbons (Fsp3) is 0.571. The Morgan fingerprint density at radius 2 is 1.82 bits per heavy atom. The van der Waals surface area contributed by atoms with E-state index in [1.54, 1.807) is 7.11 Å². The molecule has 1 unspecified atom stereocenters. The predicted molar refractivity (Wildman–Crippen MR) is 68.2 cm³/mol. The Morgan fingerprint density at radius 3 is 2.35 bits per heavy atom. The molecule has 0 saturated carbocycles. The van der Waals surface area contributed by atoms with Gasteiger partial charge < -0.3 is 9.64 Å². The fourth-order valence-electron chi connectivity index (χ4n) is 2.20. The third-order valence-corrected chi connectivity index (χ3v) is 3.51. The summed E-state index contributed by atoms with van der Waals surface area (Å²) in [6, 6.07) is 8.38. The molecule has 17 heavy (non-hydrogen) atoms. The number of halogens is 1. The summed E-state index contributed by atoms with van der Waals surface area (Å²) in [4.78, 5) is 2.25. The van der Waals surface area contributed by atoms with E-state index in [1.807, 2.05) is 6.92 Å². The van der Waals surface area contributed by atoms with Crippen molar-refractivity contribution in [2.75, 3.05) is 25.1 Å². The molecule has 0 N–H and O–H groups in total. The largest absolute Gasteiger partial charge is 0.377 e. The lowest BCUT2D eigenvalue weighted by Gasteiger charge is -2.30. The number of ether oxygens (including phenoxy) is 1. The Morgan fingerprint density at radius 1 is 1.24 bits per heavy atom. The van der Waals surface area contributed by atoms with Gasteiger partial charge in [0.25, 0.3) is 0 Å². The molecule has 1 atom stereocenters. The number of anilines is 1. The first kappa shape index (κ1) is 12.4. The van der Waals surface area contributed by atoms with Crippen molar-refractivity contribution in [2.24, 2.45) is 0 Å². The van der Waals surface area contributed by atoms with E-state index in [2.05, 4.69) is 29.2 Å². The first-order chi connectivity index (χ1) is 8.20. The summed E-state index contributed by atoms with van der Waals surface area (Å²) < 4.78 is 18.3. The van der Waals surface area contributed by atoms with Crippen LogP contribution in [-0.2, 0) is 4.74 Å². The van der Waals surface area contributed by atoms with E-state index in [1.165, 1.54) is 11.3 Å². The maximum absolute atomic E-state index is 13.0. The minimum absolute atomic E-state index is 0.126. The third kappa shape index (κ3) is 2.97. The molecule has 1 aromatic carbocycles. The van der Waals surface area contributed by atoms with Crippen LogP contribution in [0.3, 0.4) is 0 Å². The molecular formula is C14H20FNO. The van der Waals surface area contributed by atoms with Gasteiger partial charge in [0.2, 0.25) is 0 Å². The second-order valence-corrected chi connectivity index (χ2v) is 4.63. The number of methoxy groups -OCH3 is 1. The number of hydrogen-bond donors (Lipinski definition) is 0. The normalized spacial score (nSPS) is 19.4. The molecule has 2 rings (SSSR count). The van der Waals surface area contributed by atoms with Crippen LogP contribution in [0.4, 0.5) is 10.1 Å². The van der Waals surface area contributed by atoms with Crippen molar-refractivity contribution >= 4 is 5.69 Å². The number of hydrogen-bond acceptors (Lipinski definition) is 2. The van der Waals surface area contributed by atoms with E-state index in [9.17, 15) is 4.39 Å². The highest BCUT2D eigenvalue weighted by Gasteiger charge is 2.18. The molecular weight excluding hydrogens is 217 g/mol. The van der Waals surface area contributed by atoms with E-state index in [-0.39, 0.29) is 6.10 Å². The van der Waals surface area contributed by atoms with Crippen LogP contribution < -0.4 is 4.90 Å². The van der Waals surface area contributed by atoms with Gasteiger partial charge in [-0.05, 0) is 37.5 Å². The van der Waals surface area contributed by atoms with Crippen molar-refractivity contribution in [1.82, 2.24) is 0 Å². The number of nitrogens with zero attached hydrogens (tertiary/aromatic N) is 1. The minimum Gasteiger partial charge on any atom is -0.377 e. The molecule has 94 valence electrons.